The highest BCUT2D eigenvalue weighted by molar-refractivity contribution is 6.08. The first-order chi connectivity index (χ1) is 11.0. The molecule has 0 atom stereocenters. The van der Waals surface area contributed by atoms with Gasteiger partial charge in [0.25, 0.3) is 0 Å². The van der Waals surface area contributed by atoms with Crippen molar-refractivity contribution in [3.63, 3.8) is 0 Å². The Hall–Kier alpha value is -2.72. The van der Waals surface area contributed by atoms with Gasteiger partial charge in [0, 0.05) is 23.2 Å². The molecule has 1 aromatic carbocycles. The number of hydrogen-bond donors (Lipinski definition) is 3. The lowest BCUT2D eigenvalue weighted by molar-refractivity contribution is 0.0693. The number of fused-ring (bicyclic) bond motifs is 1. The lowest BCUT2D eigenvalue weighted by Gasteiger charge is -2.17. The molecule has 3 rings (SSSR count). The number of hydrogen-bond acceptors (Lipinski definition) is 3. The number of carboxylic acid groups (broad SMARTS) is 1. The third-order valence-electron chi connectivity index (χ3n) is 3.99. The van der Waals surface area contributed by atoms with Crippen LogP contribution >= 0.6 is 0 Å². The number of carbonyl (C=O) groups is 1. The highest BCUT2D eigenvalue weighted by Crippen LogP contribution is 2.36. The van der Waals surface area contributed by atoms with Gasteiger partial charge < -0.3 is 15.4 Å². The van der Waals surface area contributed by atoms with Gasteiger partial charge >= 0.3 is 5.97 Å². The molecule has 1 aliphatic rings. The summed E-state index contributed by atoms with van der Waals surface area (Å²) in [5.41, 5.74) is 0.131. The van der Waals surface area contributed by atoms with Gasteiger partial charge in [0.05, 0.1) is 11.1 Å². The third kappa shape index (κ3) is 2.19. The first-order valence-electron chi connectivity index (χ1n) is 7.04. The van der Waals surface area contributed by atoms with Gasteiger partial charge in [-0.2, -0.15) is 5.26 Å². The molecule has 5 nitrogen and oxygen atoms in total. The van der Waals surface area contributed by atoms with E-state index in [4.69, 9.17) is 0 Å². The number of nitriles is 1. The highest BCUT2D eigenvalue weighted by atomic mass is 19.2. The lowest BCUT2D eigenvalue weighted by Crippen LogP contribution is -2.22. The van der Waals surface area contributed by atoms with Crippen molar-refractivity contribution < 1.29 is 18.7 Å². The van der Waals surface area contributed by atoms with Crippen LogP contribution in [0.4, 0.5) is 8.78 Å². The summed E-state index contributed by atoms with van der Waals surface area (Å²) in [6.45, 7) is 2.62. The van der Waals surface area contributed by atoms with Crippen LogP contribution < -0.4 is 5.32 Å². The van der Waals surface area contributed by atoms with E-state index in [2.05, 4.69) is 10.3 Å². The summed E-state index contributed by atoms with van der Waals surface area (Å²) in [7, 11) is 0. The predicted octanol–water partition coefficient (Wildman–Crippen LogP) is 2.70. The highest BCUT2D eigenvalue weighted by Gasteiger charge is 2.29. The molecule has 2 heterocycles. The summed E-state index contributed by atoms with van der Waals surface area (Å²) >= 11 is 0. The molecule has 0 saturated heterocycles. The van der Waals surface area contributed by atoms with Gasteiger partial charge in [-0.1, -0.05) is 6.08 Å². The molecule has 0 bridgehead atoms. The van der Waals surface area contributed by atoms with E-state index in [-0.39, 0.29) is 22.0 Å². The van der Waals surface area contributed by atoms with Gasteiger partial charge in [0.2, 0.25) is 0 Å². The van der Waals surface area contributed by atoms with Crippen molar-refractivity contribution in [2.45, 2.75) is 13.3 Å². The fourth-order valence-electron chi connectivity index (χ4n) is 2.98. The molecule has 118 valence electrons. The molecule has 3 N–H and O–H groups in total. The van der Waals surface area contributed by atoms with Crippen molar-refractivity contribution >= 4 is 22.4 Å². The van der Waals surface area contributed by atoms with Crippen molar-refractivity contribution in [2.75, 3.05) is 13.1 Å². The van der Waals surface area contributed by atoms with Crippen molar-refractivity contribution in [3.05, 3.63) is 40.1 Å². The van der Waals surface area contributed by atoms with E-state index >= 15 is 0 Å². The van der Waals surface area contributed by atoms with Crippen molar-refractivity contribution in [2.24, 2.45) is 0 Å². The number of rotatable bonds is 2. The molecule has 1 aromatic heterocycles. The van der Waals surface area contributed by atoms with Crippen LogP contribution in [-0.4, -0.2) is 29.1 Å². The zero-order valence-electron chi connectivity index (χ0n) is 12.3. The minimum absolute atomic E-state index is 0.0457. The van der Waals surface area contributed by atoms with Gasteiger partial charge in [-0.25, -0.2) is 13.6 Å². The van der Waals surface area contributed by atoms with Crippen molar-refractivity contribution in [1.82, 2.24) is 10.3 Å². The lowest BCUT2D eigenvalue weighted by atomic mass is 9.93. The Bertz CT molecular complexity index is 907. The molecule has 7 heteroatoms. The van der Waals surface area contributed by atoms with E-state index in [0.29, 0.717) is 24.2 Å². The summed E-state index contributed by atoms with van der Waals surface area (Å²) in [6.07, 6.45) is 2.42. The number of carboxylic acids is 1. The Kier molecular flexibility index (Phi) is 3.62. The Morgan fingerprint density at radius 2 is 2.13 bits per heavy atom. The molecule has 23 heavy (non-hydrogen) atoms. The van der Waals surface area contributed by atoms with Crippen LogP contribution in [0.2, 0.25) is 0 Å². The first kappa shape index (κ1) is 15.2. The van der Waals surface area contributed by atoms with Crippen LogP contribution in [0.15, 0.2) is 6.08 Å². The Labute approximate surface area is 130 Å². The number of benzene rings is 1. The number of aromatic amines is 1. The van der Waals surface area contributed by atoms with Crippen LogP contribution in [0.3, 0.4) is 0 Å². The van der Waals surface area contributed by atoms with Crippen LogP contribution in [0.1, 0.15) is 33.6 Å². The van der Waals surface area contributed by atoms with E-state index in [9.17, 15) is 23.9 Å². The molecule has 0 spiro atoms. The molecule has 0 unspecified atom stereocenters. The topological polar surface area (TPSA) is 88.9 Å². The third-order valence-corrected chi connectivity index (χ3v) is 3.99. The van der Waals surface area contributed by atoms with Crippen LogP contribution in [0.25, 0.3) is 16.5 Å². The summed E-state index contributed by atoms with van der Waals surface area (Å²) in [6, 6.07) is 1.95. The Morgan fingerprint density at radius 1 is 1.39 bits per heavy atom. The van der Waals surface area contributed by atoms with Crippen molar-refractivity contribution in [3.8, 4) is 6.07 Å². The number of nitrogens with zero attached hydrogens (tertiary/aromatic N) is 1. The van der Waals surface area contributed by atoms with Crippen LogP contribution in [-0.2, 0) is 0 Å². The fourth-order valence-corrected chi connectivity index (χ4v) is 2.98. The second-order valence-electron chi connectivity index (χ2n) is 5.36. The van der Waals surface area contributed by atoms with E-state index in [0.717, 1.165) is 6.54 Å². The number of aromatic carboxylic acids is 1. The van der Waals surface area contributed by atoms with Crippen LogP contribution in [0, 0.1) is 29.9 Å². The van der Waals surface area contributed by atoms with Gasteiger partial charge in [0.1, 0.15) is 11.6 Å². The number of H-pyrrole nitrogens is 1. The normalized spacial score (nSPS) is 14.6. The SMILES string of the molecule is Cc1[nH]c2c(C(=O)O)c(F)c(F)c(C3=CCCNC3)c2c1C#N. The van der Waals surface area contributed by atoms with E-state index in [1.54, 1.807) is 13.0 Å². The summed E-state index contributed by atoms with van der Waals surface area (Å²) in [4.78, 5) is 14.1. The van der Waals surface area contributed by atoms with E-state index in [1.807, 2.05) is 6.07 Å². The summed E-state index contributed by atoms with van der Waals surface area (Å²) < 4.78 is 29.0. The van der Waals surface area contributed by atoms with E-state index < -0.39 is 23.2 Å². The van der Waals surface area contributed by atoms with Crippen molar-refractivity contribution in [1.29, 1.82) is 5.26 Å². The Balaban J connectivity index is 2.51. The monoisotopic (exact) mass is 317 g/mol. The summed E-state index contributed by atoms with van der Waals surface area (Å²) in [5, 5.41) is 21.8. The smallest absolute Gasteiger partial charge is 0.340 e. The molecular formula is C16H13F2N3O2. The molecule has 2 aromatic rings. The maximum Gasteiger partial charge on any atom is 0.340 e. The fraction of sp³-hybridized carbons (Fsp3) is 0.250. The zero-order valence-corrected chi connectivity index (χ0v) is 12.3. The molecule has 0 amide bonds. The predicted molar refractivity (Wildman–Crippen MR) is 80.1 cm³/mol. The molecule has 0 fully saturated rings. The maximum absolute atomic E-state index is 14.6. The average molecular weight is 317 g/mol. The average Bonchev–Trinajstić information content (AvgIpc) is 2.84. The van der Waals surface area contributed by atoms with Crippen LogP contribution in [0.5, 0.6) is 0 Å². The van der Waals surface area contributed by atoms with Gasteiger partial charge in [0.15, 0.2) is 11.6 Å². The van der Waals surface area contributed by atoms with Gasteiger partial charge in [-0.05, 0) is 25.5 Å². The van der Waals surface area contributed by atoms with Gasteiger partial charge in [-0.15, -0.1) is 0 Å². The first-order valence-corrected chi connectivity index (χ1v) is 7.04. The minimum atomic E-state index is -1.58. The number of nitrogens with one attached hydrogen (secondary N) is 2. The molecular weight excluding hydrogens is 304 g/mol. The molecule has 0 radical (unpaired) electrons. The molecule has 0 saturated carbocycles. The number of aromatic nitrogens is 1. The Morgan fingerprint density at radius 3 is 2.70 bits per heavy atom. The number of halogens is 2. The molecule has 1 aliphatic heterocycles. The molecule has 0 aliphatic carbocycles. The maximum atomic E-state index is 14.6. The largest absolute Gasteiger partial charge is 0.478 e. The zero-order chi connectivity index (χ0) is 16.7. The quantitative estimate of drug-likeness (QED) is 0.794. The standard InChI is InChI=1S/C16H13F2N3O2/c1-7-9(5-19)11-10(8-3-2-4-20-6-8)13(17)14(18)12(16(22)23)15(11)21-7/h3,20-21H,2,4,6H2,1H3,(H,22,23). The van der Waals surface area contributed by atoms with Gasteiger partial charge in [-0.3, -0.25) is 0 Å². The summed E-state index contributed by atoms with van der Waals surface area (Å²) in [5.74, 6) is -4.24. The number of aryl methyl sites for hydroxylation is 1. The minimum Gasteiger partial charge on any atom is -0.478 e. The second-order valence-corrected chi connectivity index (χ2v) is 5.36. The van der Waals surface area contributed by atoms with E-state index in [1.165, 1.54) is 0 Å². The second kappa shape index (κ2) is 5.48.